The molecule has 2 amide bonds. The van der Waals surface area contributed by atoms with Crippen LogP contribution in [0.4, 0.5) is 5.69 Å². The van der Waals surface area contributed by atoms with Gasteiger partial charge < -0.3 is 15.1 Å². The van der Waals surface area contributed by atoms with E-state index in [9.17, 15) is 9.59 Å². The average Bonchev–Trinajstić information content (AvgIpc) is 3.29. The third-order valence-electron chi connectivity index (χ3n) is 3.93. The number of rotatable bonds is 6. The van der Waals surface area contributed by atoms with Crippen molar-refractivity contribution in [2.75, 3.05) is 11.9 Å². The number of amides is 2. The molecule has 0 unspecified atom stereocenters. The van der Waals surface area contributed by atoms with Gasteiger partial charge in [0.05, 0.1) is 6.54 Å². The van der Waals surface area contributed by atoms with Gasteiger partial charge in [0.25, 0.3) is 11.8 Å². The zero-order chi connectivity index (χ0) is 18.5. The van der Waals surface area contributed by atoms with E-state index in [4.69, 9.17) is 4.42 Å². The van der Waals surface area contributed by atoms with Crippen LogP contribution in [0.2, 0.25) is 0 Å². The second-order valence-electron chi connectivity index (χ2n) is 5.76. The molecule has 7 heteroatoms. The van der Waals surface area contributed by atoms with Crippen LogP contribution in [0.5, 0.6) is 0 Å². The van der Waals surface area contributed by atoms with Crippen molar-refractivity contribution in [1.82, 2.24) is 15.1 Å². The summed E-state index contributed by atoms with van der Waals surface area (Å²) in [6, 6.07) is 10.4. The van der Waals surface area contributed by atoms with Crippen molar-refractivity contribution < 1.29 is 14.0 Å². The molecule has 26 heavy (non-hydrogen) atoms. The van der Waals surface area contributed by atoms with Crippen molar-refractivity contribution in [2.24, 2.45) is 0 Å². The van der Waals surface area contributed by atoms with Gasteiger partial charge in [-0.1, -0.05) is 6.07 Å². The summed E-state index contributed by atoms with van der Waals surface area (Å²) in [5, 5.41) is 9.67. The smallest absolute Gasteiger partial charge is 0.291 e. The number of hydrogen-bond acceptors (Lipinski definition) is 4. The first-order valence-electron chi connectivity index (χ1n) is 8.33. The van der Waals surface area contributed by atoms with Crippen LogP contribution < -0.4 is 10.6 Å². The van der Waals surface area contributed by atoms with E-state index in [0.29, 0.717) is 35.7 Å². The van der Waals surface area contributed by atoms with Gasteiger partial charge >= 0.3 is 0 Å². The van der Waals surface area contributed by atoms with E-state index in [1.165, 1.54) is 0 Å². The standard InChI is InChI=1S/C19H20N4O3/c1-3-20-18(24)15-6-4-7-16(13(15)2)22-19(25)17-9-8-14(26-17)12-23-11-5-10-21-23/h4-11H,3,12H2,1-2H3,(H,20,24)(H,22,25). The van der Waals surface area contributed by atoms with Gasteiger partial charge in [-0.25, -0.2) is 0 Å². The molecule has 0 aliphatic heterocycles. The Labute approximate surface area is 151 Å². The van der Waals surface area contributed by atoms with Crippen molar-refractivity contribution in [3.8, 4) is 0 Å². The number of carbonyl (C=O) groups is 2. The van der Waals surface area contributed by atoms with Gasteiger partial charge in [0.1, 0.15) is 5.76 Å². The zero-order valence-electron chi connectivity index (χ0n) is 14.7. The fourth-order valence-electron chi connectivity index (χ4n) is 2.60. The maximum absolute atomic E-state index is 12.5. The molecule has 134 valence electrons. The molecule has 1 aromatic carbocycles. The lowest BCUT2D eigenvalue weighted by molar-refractivity contribution is 0.0952. The monoisotopic (exact) mass is 352 g/mol. The summed E-state index contributed by atoms with van der Waals surface area (Å²) in [5.74, 6) is 0.301. The molecule has 2 aromatic heterocycles. The number of anilines is 1. The molecule has 2 heterocycles. The molecule has 7 nitrogen and oxygen atoms in total. The highest BCUT2D eigenvalue weighted by Crippen LogP contribution is 2.20. The quantitative estimate of drug-likeness (QED) is 0.714. The second kappa shape index (κ2) is 7.69. The van der Waals surface area contributed by atoms with E-state index in [-0.39, 0.29) is 17.6 Å². The highest BCUT2D eigenvalue weighted by atomic mass is 16.4. The zero-order valence-corrected chi connectivity index (χ0v) is 14.7. The fraction of sp³-hybridized carbons (Fsp3) is 0.211. The summed E-state index contributed by atoms with van der Waals surface area (Å²) in [6.07, 6.45) is 3.50. The molecule has 0 radical (unpaired) electrons. The maximum Gasteiger partial charge on any atom is 0.291 e. The minimum Gasteiger partial charge on any atom is -0.454 e. The lowest BCUT2D eigenvalue weighted by Crippen LogP contribution is -2.24. The summed E-state index contributed by atoms with van der Waals surface area (Å²) in [4.78, 5) is 24.5. The van der Waals surface area contributed by atoms with Gasteiger partial charge in [-0.2, -0.15) is 5.10 Å². The van der Waals surface area contributed by atoms with Crippen molar-refractivity contribution in [3.63, 3.8) is 0 Å². The number of nitrogens with one attached hydrogen (secondary N) is 2. The van der Waals surface area contributed by atoms with Crippen LogP contribution in [-0.2, 0) is 6.54 Å². The average molecular weight is 352 g/mol. The molecule has 0 saturated heterocycles. The predicted octanol–water partition coefficient (Wildman–Crippen LogP) is 2.83. The Kier molecular flexibility index (Phi) is 5.17. The van der Waals surface area contributed by atoms with Gasteiger partial charge in [0.15, 0.2) is 5.76 Å². The largest absolute Gasteiger partial charge is 0.454 e. The molecule has 0 bridgehead atoms. The van der Waals surface area contributed by atoms with E-state index >= 15 is 0 Å². The van der Waals surface area contributed by atoms with Gasteiger partial charge in [0, 0.05) is 30.2 Å². The van der Waals surface area contributed by atoms with Crippen LogP contribution in [0, 0.1) is 6.92 Å². The van der Waals surface area contributed by atoms with Crippen molar-refractivity contribution in [2.45, 2.75) is 20.4 Å². The first kappa shape index (κ1) is 17.5. The molecule has 0 atom stereocenters. The summed E-state index contributed by atoms with van der Waals surface area (Å²) in [5.41, 5.74) is 1.81. The van der Waals surface area contributed by atoms with E-state index in [2.05, 4.69) is 15.7 Å². The van der Waals surface area contributed by atoms with Crippen molar-refractivity contribution in [1.29, 1.82) is 0 Å². The third kappa shape index (κ3) is 3.83. The predicted molar refractivity (Wildman–Crippen MR) is 97.2 cm³/mol. The van der Waals surface area contributed by atoms with E-state index < -0.39 is 0 Å². The van der Waals surface area contributed by atoms with Crippen LogP contribution in [-0.4, -0.2) is 28.1 Å². The Morgan fingerprint density at radius 1 is 1.15 bits per heavy atom. The number of nitrogens with zero attached hydrogens (tertiary/aromatic N) is 2. The van der Waals surface area contributed by atoms with Gasteiger partial charge in [-0.05, 0) is 49.7 Å². The van der Waals surface area contributed by atoms with Crippen LogP contribution >= 0.6 is 0 Å². The minimum atomic E-state index is -0.368. The maximum atomic E-state index is 12.5. The van der Waals surface area contributed by atoms with Crippen LogP contribution in [0.15, 0.2) is 53.2 Å². The van der Waals surface area contributed by atoms with Crippen molar-refractivity contribution >= 4 is 17.5 Å². The number of hydrogen-bond donors (Lipinski definition) is 2. The van der Waals surface area contributed by atoms with Gasteiger partial charge in [-0.15, -0.1) is 0 Å². The Balaban J connectivity index is 1.73. The third-order valence-corrected chi connectivity index (χ3v) is 3.93. The minimum absolute atomic E-state index is 0.166. The van der Waals surface area contributed by atoms with Gasteiger partial charge in [0.2, 0.25) is 0 Å². The van der Waals surface area contributed by atoms with Gasteiger partial charge in [-0.3, -0.25) is 14.3 Å². The van der Waals surface area contributed by atoms with E-state index in [1.54, 1.807) is 48.1 Å². The molecule has 0 spiro atoms. The number of carbonyl (C=O) groups excluding carboxylic acids is 2. The summed E-state index contributed by atoms with van der Waals surface area (Å²) in [7, 11) is 0. The fourth-order valence-corrected chi connectivity index (χ4v) is 2.60. The lowest BCUT2D eigenvalue weighted by Gasteiger charge is -2.11. The molecule has 0 aliphatic rings. The Hall–Kier alpha value is -3.35. The van der Waals surface area contributed by atoms with Crippen LogP contribution in [0.3, 0.4) is 0 Å². The number of aromatic nitrogens is 2. The number of benzene rings is 1. The Bertz CT molecular complexity index is 913. The van der Waals surface area contributed by atoms with E-state index in [0.717, 1.165) is 0 Å². The molecule has 3 rings (SSSR count). The molecule has 0 aliphatic carbocycles. The highest BCUT2D eigenvalue weighted by molar-refractivity contribution is 6.04. The van der Waals surface area contributed by atoms with Crippen LogP contribution in [0.25, 0.3) is 0 Å². The summed E-state index contributed by atoms with van der Waals surface area (Å²) < 4.78 is 7.30. The molecule has 2 N–H and O–H groups in total. The first-order valence-corrected chi connectivity index (χ1v) is 8.33. The summed E-state index contributed by atoms with van der Waals surface area (Å²) in [6.45, 7) is 4.65. The Morgan fingerprint density at radius 3 is 2.73 bits per heavy atom. The molecular formula is C19H20N4O3. The first-order chi connectivity index (χ1) is 12.6. The van der Waals surface area contributed by atoms with Crippen LogP contribution in [0.1, 0.15) is 39.2 Å². The van der Waals surface area contributed by atoms with Crippen molar-refractivity contribution in [3.05, 3.63) is 71.4 Å². The number of furan rings is 1. The molecular weight excluding hydrogens is 332 g/mol. The summed E-state index contributed by atoms with van der Waals surface area (Å²) >= 11 is 0. The molecule has 0 fully saturated rings. The molecule has 0 saturated carbocycles. The van der Waals surface area contributed by atoms with E-state index in [1.807, 2.05) is 19.2 Å². The highest BCUT2D eigenvalue weighted by Gasteiger charge is 2.16. The second-order valence-corrected chi connectivity index (χ2v) is 5.76. The normalized spacial score (nSPS) is 10.5. The molecule has 3 aromatic rings. The topological polar surface area (TPSA) is 89.2 Å². The Morgan fingerprint density at radius 2 is 2.00 bits per heavy atom. The SMILES string of the molecule is CCNC(=O)c1cccc(NC(=O)c2ccc(Cn3cccn3)o2)c1C. The lowest BCUT2D eigenvalue weighted by atomic mass is 10.1.